The van der Waals surface area contributed by atoms with E-state index in [9.17, 15) is 9.90 Å². The van der Waals surface area contributed by atoms with Gasteiger partial charge in [-0.05, 0) is 25.2 Å². The van der Waals surface area contributed by atoms with E-state index in [2.05, 4.69) is 5.32 Å². The van der Waals surface area contributed by atoms with Crippen molar-refractivity contribution in [2.45, 2.75) is 76.2 Å². The quantitative estimate of drug-likeness (QED) is 0.791. The summed E-state index contributed by atoms with van der Waals surface area (Å²) in [6.45, 7) is 0.455. The Kier molecular flexibility index (Phi) is 5.04. The maximum atomic E-state index is 11.8. The number of hydrogen-bond acceptors (Lipinski definition) is 2. The maximum Gasteiger partial charge on any atom is 0.220 e. The molecule has 2 aliphatic rings. The molecule has 0 aromatic rings. The number of carbonyl (C=O) groups excluding carboxylic acids is 1. The van der Waals surface area contributed by atoms with Gasteiger partial charge in [-0.25, -0.2) is 0 Å². The molecule has 0 aromatic carbocycles. The van der Waals surface area contributed by atoms with E-state index in [0.29, 0.717) is 13.0 Å². The van der Waals surface area contributed by atoms with Crippen molar-refractivity contribution >= 4 is 5.91 Å². The van der Waals surface area contributed by atoms with Crippen LogP contribution in [0.5, 0.6) is 0 Å². The van der Waals surface area contributed by atoms with Crippen LogP contribution < -0.4 is 5.32 Å². The van der Waals surface area contributed by atoms with Crippen LogP contribution in [0.2, 0.25) is 0 Å². The largest absolute Gasteiger partial charge is 0.388 e. The minimum Gasteiger partial charge on any atom is -0.388 e. The molecule has 0 aromatic heterocycles. The molecule has 2 N–H and O–H groups in total. The topological polar surface area (TPSA) is 49.3 Å². The number of aliphatic hydroxyl groups is 1. The standard InChI is InChI=1S/C15H27NO2/c17-14(9-8-13-6-2-1-3-7-13)16-12-15(18)10-4-5-11-15/h13,18H,1-12H2,(H,16,17). The van der Waals surface area contributed by atoms with Gasteiger partial charge in [0.2, 0.25) is 5.91 Å². The van der Waals surface area contributed by atoms with E-state index in [1.165, 1.54) is 32.1 Å². The van der Waals surface area contributed by atoms with Gasteiger partial charge in [0.1, 0.15) is 0 Å². The summed E-state index contributed by atoms with van der Waals surface area (Å²) in [5, 5.41) is 13.1. The lowest BCUT2D eigenvalue weighted by molar-refractivity contribution is -0.122. The zero-order valence-corrected chi connectivity index (χ0v) is 11.4. The third-order valence-corrected chi connectivity index (χ3v) is 4.65. The van der Waals surface area contributed by atoms with Crippen LogP contribution in [0.3, 0.4) is 0 Å². The van der Waals surface area contributed by atoms with Crippen molar-refractivity contribution in [3.8, 4) is 0 Å². The number of amides is 1. The minimum atomic E-state index is -0.611. The van der Waals surface area contributed by atoms with Crippen LogP contribution >= 0.6 is 0 Å². The van der Waals surface area contributed by atoms with Gasteiger partial charge in [0.05, 0.1) is 5.60 Å². The van der Waals surface area contributed by atoms with Gasteiger partial charge in [-0.3, -0.25) is 4.79 Å². The highest BCUT2D eigenvalue weighted by molar-refractivity contribution is 5.75. The van der Waals surface area contributed by atoms with Crippen molar-refractivity contribution in [1.82, 2.24) is 5.32 Å². The van der Waals surface area contributed by atoms with Crippen molar-refractivity contribution in [2.24, 2.45) is 5.92 Å². The molecule has 0 heterocycles. The van der Waals surface area contributed by atoms with E-state index in [1.807, 2.05) is 0 Å². The Balaban J connectivity index is 1.59. The smallest absolute Gasteiger partial charge is 0.220 e. The molecule has 2 aliphatic carbocycles. The fourth-order valence-corrected chi connectivity index (χ4v) is 3.37. The first-order chi connectivity index (χ1) is 8.68. The fraction of sp³-hybridized carbons (Fsp3) is 0.933. The first-order valence-corrected chi connectivity index (χ1v) is 7.67. The summed E-state index contributed by atoms with van der Waals surface area (Å²) in [5.41, 5.74) is -0.611. The number of carbonyl (C=O) groups is 1. The van der Waals surface area contributed by atoms with Crippen LogP contribution in [0, 0.1) is 5.92 Å². The molecule has 3 nitrogen and oxygen atoms in total. The van der Waals surface area contributed by atoms with Crippen LogP contribution in [-0.2, 0) is 4.79 Å². The summed E-state index contributed by atoms with van der Waals surface area (Å²) in [7, 11) is 0. The van der Waals surface area contributed by atoms with Crippen molar-refractivity contribution < 1.29 is 9.90 Å². The summed E-state index contributed by atoms with van der Waals surface area (Å²) < 4.78 is 0. The molecule has 0 radical (unpaired) electrons. The van der Waals surface area contributed by atoms with Gasteiger partial charge in [-0.2, -0.15) is 0 Å². The van der Waals surface area contributed by atoms with E-state index in [4.69, 9.17) is 0 Å². The summed E-state index contributed by atoms with van der Waals surface area (Å²) in [4.78, 5) is 11.8. The zero-order valence-electron chi connectivity index (χ0n) is 11.4. The van der Waals surface area contributed by atoms with E-state index in [0.717, 1.165) is 38.0 Å². The molecule has 2 fully saturated rings. The van der Waals surface area contributed by atoms with Gasteiger partial charge in [0.25, 0.3) is 0 Å². The van der Waals surface area contributed by atoms with Crippen LogP contribution in [0.4, 0.5) is 0 Å². The lowest BCUT2D eigenvalue weighted by Gasteiger charge is -2.23. The number of hydrogen-bond donors (Lipinski definition) is 2. The maximum absolute atomic E-state index is 11.8. The number of nitrogens with one attached hydrogen (secondary N) is 1. The monoisotopic (exact) mass is 253 g/mol. The van der Waals surface area contributed by atoms with E-state index in [-0.39, 0.29) is 5.91 Å². The first kappa shape index (κ1) is 13.9. The molecule has 2 rings (SSSR count). The lowest BCUT2D eigenvalue weighted by atomic mass is 9.86. The molecule has 3 heteroatoms. The van der Waals surface area contributed by atoms with Gasteiger partial charge >= 0.3 is 0 Å². The van der Waals surface area contributed by atoms with E-state index >= 15 is 0 Å². The molecular formula is C15H27NO2. The lowest BCUT2D eigenvalue weighted by Crippen LogP contribution is -2.40. The minimum absolute atomic E-state index is 0.126. The third-order valence-electron chi connectivity index (χ3n) is 4.65. The second kappa shape index (κ2) is 6.55. The molecule has 0 atom stereocenters. The normalized spacial score (nSPS) is 24.1. The van der Waals surface area contributed by atoms with Crippen LogP contribution in [0.15, 0.2) is 0 Å². The summed E-state index contributed by atoms with van der Waals surface area (Å²) >= 11 is 0. The molecule has 18 heavy (non-hydrogen) atoms. The van der Waals surface area contributed by atoms with Gasteiger partial charge in [0.15, 0.2) is 0 Å². The molecule has 0 aliphatic heterocycles. The first-order valence-electron chi connectivity index (χ1n) is 7.67. The summed E-state index contributed by atoms with van der Waals surface area (Å²) in [6, 6.07) is 0. The van der Waals surface area contributed by atoms with E-state index in [1.54, 1.807) is 0 Å². The average Bonchev–Trinajstić information content (AvgIpc) is 2.83. The van der Waals surface area contributed by atoms with E-state index < -0.39 is 5.60 Å². The highest BCUT2D eigenvalue weighted by atomic mass is 16.3. The highest BCUT2D eigenvalue weighted by Crippen LogP contribution is 2.29. The Morgan fingerprint density at radius 3 is 2.44 bits per heavy atom. The predicted molar refractivity (Wildman–Crippen MR) is 72.2 cm³/mol. The Labute approximate surface area is 110 Å². The van der Waals surface area contributed by atoms with Crippen molar-refractivity contribution in [1.29, 1.82) is 0 Å². The molecule has 0 bridgehead atoms. The second-order valence-corrected chi connectivity index (χ2v) is 6.25. The van der Waals surface area contributed by atoms with Crippen molar-refractivity contribution in [2.75, 3.05) is 6.54 Å². The summed E-state index contributed by atoms with van der Waals surface area (Å²) in [5.74, 6) is 0.889. The van der Waals surface area contributed by atoms with Gasteiger partial charge in [-0.1, -0.05) is 44.9 Å². The number of rotatable bonds is 5. The molecule has 1 amide bonds. The van der Waals surface area contributed by atoms with Crippen LogP contribution in [0.25, 0.3) is 0 Å². The summed E-state index contributed by atoms with van der Waals surface area (Å²) in [6.07, 6.45) is 12.2. The molecule has 0 spiro atoms. The fourth-order valence-electron chi connectivity index (χ4n) is 3.37. The van der Waals surface area contributed by atoms with Crippen LogP contribution in [-0.4, -0.2) is 23.2 Å². The molecular weight excluding hydrogens is 226 g/mol. The van der Waals surface area contributed by atoms with Gasteiger partial charge in [0, 0.05) is 13.0 Å². The van der Waals surface area contributed by atoms with Crippen LogP contribution in [0.1, 0.15) is 70.6 Å². The SMILES string of the molecule is O=C(CCC1CCCCC1)NCC1(O)CCCC1. The Morgan fingerprint density at radius 1 is 1.11 bits per heavy atom. The Hall–Kier alpha value is -0.570. The molecule has 2 saturated carbocycles. The van der Waals surface area contributed by atoms with Gasteiger partial charge < -0.3 is 10.4 Å². The predicted octanol–water partition coefficient (Wildman–Crippen LogP) is 2.77. The van der Waals surface area contributed by atoms with Gasteiger partial charge in [-0.15, -0.1) is 0 Å². The average molecular weight is 253 g/mol. The molecule has 0 unspecified atom stereocenters. The third kappa shape index (κ3) is 4.27. The second-order valence-electron chi connectivity index (χ2n) is 6.25. The highest BCUT2D eigenvalue weighted by Gasteiger charge is 2.31. The van der Waals surface area contributed by atoms with Crippen molar-refractivity contribution in [3.05, 3.63) is 0 Å². The zero-order chi connectivity index (χ0) is 12.8. The molecule has 0 saturated heterocycles. The Bertz CT molecular complexity index is 266. The molecule has 104 valence electrons. The van der Waals surface area contributed by atoms with Crippen molar-refractivity contribution in [3.63, 3.8) is 0 Å². The Morgan fingerprint density at radius 2 is 1.78 bits per heavy atom.